The van der Waals surface area contributed by atoms with E-state index in [2.05, 4.69) is 117 Å². The second-order valence-corrected chi connectivity index (χ2v) is 11.3. The van der Waals surface area contributed by atoms with E-state index in [0.717, 1.165) is 6.54 Å². The number of nitrogens with zero attached hydrogens (tertiary/aromatic N) is 1. The number of likely N-dealkylation sites (N-methyl/N-ethyl adjacent to an activating group) is 1. The predicted molar refractivity (Wildman–Crippen MR) is 125 cm³/mol. The summed E-state index contributed by atoms with van der Waals surface area (Å²) in [7, 11) is -0.0641. The fourth-order valence-corrected chi connectivity index (χ4v) is 7.23. The molecular formula is C25H31N2P. The number of rotatable bonds is 6. The summed E-state index contributed by atoms with van der Waals surface area (Å²) < 4.78 is 5.55. The van der Waals surface area contributed by atoms with Crippen LogP contribution in [0.3, 0.4) is 0 Å². The van der Waals surface area contributed by atoms with Crippen molar-refractivity contribution in [2.45, 2.75) is 26.8 Å². The largest absolute Gasteiger partial charge is 0.315 e. The highest BCUT2D eigenvalue weighted by atomic mass is 31.2. The van der Waals surface area contributed by atoms with Crippen LogP contribution in [0.1, 0.15) is 20.8 Å². The maximum absolute atomic E-state index is 5.55. The molecule has 1 N–H and O–H groups in total. The van der Waals surface area contributed by atoms with Gasteiger partial charge in [-0.1, -0.05) is 112 Å². The van der Waals surface area contributed by atoms with E-state index in [0.29, 0.717) is 6.04 Å². The second kappa shape index (κ2) is 8.90. The molecule has 146 valence electrons. The zero-order valence-electron chi connectivity index (χ0n) is 17.3. The van der Waals surface area contributed by atoms with Gasteiger partial charge in [-0.25, -0.2) is 0 Å². The Morgan fingerprint density at radius 1 is 0.714 bits per heavy atom. The highest BCUT2D eigenvalue weighted by molar-refractivity contribution is 7.87. The van der Waals surface area contributed by atoms with Gasteiger partial charge in [0.25, 0.3) is 0 Å². The molecule has 0 unspecified atom stereocenters. The first kappa shape index (κ1) is 20.6. The van der Waals surface area contributed by atoms with Crippen LogP contribution < -0.4 is 21.2 Å². The molecule has 0 heterocycles. The van der Waals surface area contributed by atoms with Crippen molar-refractivity contribution in [1.29, 1.82) is 0 Å². The maximum Gasteiger partial charge on any atom is 0.0548 e. The molecule has 0 amide bonds. The van der Waals surface area contributed by atoms with E-state index in [1.54, 1.807) is 0 Å². The highest BCUT2D eigenvalue weighted by Crippen LogP contribution is 2.46. The van der Waals surface area contributed by atoms with Gasteiger partial charge in [0.2, 0.25) is 0 Å². The van der Waals surface area contributed by atoms with Crippen LogP contribution in [0.2, 0.25) is 0 Å². The smallest absolute Gasteiger partial charge is 0.0548 e. The van der Waals surface area contributed by atoms with Crippen molar-refractivity contribution < 1.29 is 0 Å². The minimum absolute atomic E-state index is 0.137. The van der Waals surface area contributed by atoms with Crippen LogP contribution in [-0.2, 0) is 0 Å². The van der Waals surface area contributed by atoms with Gasteiger partial charge < -0.3 is 5.32 Å². The monoisotopic (exact) mass is 390 g/mol. The zero-order chi connectivity index (χ0) is 20.0. The van der Waals surface area contributed by atoms with E-state index >= 15 is 0 Å². The quantitative estimate of drug-likeness (QED) is 0.601. The Hall–Kier alpha value is -2.15. The summed E-state index contributed by atoms with van der Waals surface area (Å²) >= 11 is 0. The summed E-state index contributed by atoms with van der Waals surface area (Å²) in [6.07, 6.45) is 0. The van der Waals surface area contributed by atoms with Crippen molar-refractivity contribution in [1.82, 2.24) is 5.32 Å². The van der Waals surface area contributed by atoms with Gasteiger partial charge in [0.1, 0.15) is 0 Å². The summed E-state index contributed by atoms with van der Waals surface area (Å²) in [5.41, 5.74) is 0.137. The Kier molecular flexibility index (Phi) is 6.54. The summed E-state index contributed by atoms with van der Waals surface area (Å²) in [6, 6.07) is 32.8. The van der Waals surface area contributed by atoms with Crippen molar-refractivity contribution in [2.24, 2.45) is 10.2 Å². The standard InChI is InChI=1S/C25H31N2P/c1-25(2,3)24(26-4)20-27-28(21-14-8-5-9-15-21,22-16-10-6-11-17-22)23-18-12-7-13-19-23/h5-19,24,26H,20H2,1-4H3/t24-/m1/s1. The molecule has 0 saturated heterocycles. The molecule has 0 spiro atoms. The van der Waals surface area contributed by atoms with E-state index in [1.165, 1.54) is 15.9 Å². The average molecular weight is 391 g/mol. The normalized spacial score (nSPS) is 13.1. The van der Waals surface area contributed by atoms with Crippen LogP contribution in [0.4, 0.5) is 0 Å². The van der Waals surface area contributed by atoms with E-state index in [9.17, 15) is 0 Å². The van der Waals surface area contributed by atoms with Crippen LogP contribution >= 0.6 is 7.05 Å². The Bertz CT molecular complexity index is 810. The summed E-state index contributed by atoms with van der Waals surface area (Å²) in [5, 5.41) is 7.40. The number of hydrogen-bond donors (Lipinski definition) is 1. The van der Waals surface area contributed by atoms with Gasteiger partial charge in [-0.05, 0) is 12.5 Å². The molecule has 0 radical (unpaired) electrons. The first-order valence-electron chi connectivity index (χ1n) is 9.90. The lowest BCUT2D eigenvalue weighted by molar-refractivity contribution is 0.289. The third kappa shape index (κ3) is 4.29. The van der Waals surface area contributed by atoms with Crippen LogP contribution in [0.15, 0.2) is 95.7 Å². The van der Waals surface area contributed by atoms with E-state index in [-0.39, 0.29) is 5.41 Å². The van der Waals surface area contributed by atoms with Gasteiger partial charge in [-0.15, -0.1) is 0 Å². The van der Waals surface area contributed by atoms with Gasteiger partial charge in [-0.2, -0.15) is 0 Å². The van der Waals surface area contributed by atoms with Crippen molar-refractivity contribution in [3.8, 4) is 0 Å². The molecule has 3 aromatic rings. The third-order valence-electron chi connectivity index (χ3n) is 5.26. The lowest BCUT2D eigenvalue weighted by Crippen LogP contribution is -2.41. The predicted octanol–water partition coefficient (Wildman–Crippen LogP) is 4.80. The number of nitrogens with one attached hydrogen (secondary N) is 1. The Labute approximate surface area is 170 Å². The fourth-order valence-electron chi connectivity index (χ4n) is 3.63. The third-order valence-corrected chi connectivity index (χ3v) is 8.98. The molecule has 0 aliphatic carbocycles. The van der Waals surface area contributed by atoms with E-state index in [4.69, 9.17) is 4.74 Å². The van der Waals surface area contributed by atoms with Gasteiger partial charge in [0, 0.05) is 22.0 Å². The molecule has 0 fully saturated rings. The first-order chi connectivity index (χ1) is 13.5. The minimum atomic E-state index is -2.10. The molecule has 1 atom stereocenters. The Balaban J connectivity index is 2.30. The fraction of sp³-hybridized carbons (Fsp3) is 0.280. The van der Waals surface area contributed by atoms with E-state index in [1.807, 2.05) is 7.05 Å². The topological polar surface area (TPSA) is 24.4 Å². The molecule has 0 bridgehead atoms. The summed E-state index contributed by atoms with van der Waals surface area (Å²) in [6.45, 7) is 7.60. The first-order valence-corrected chi connectivity index (χ1v) is 11.6. The Morgan fingerprint density at radius 2 is 1.07 bits per heavy atom. The maximum atomic E-state index is 5.55. The summed E-state index contributed by atoms with van der Waals surface area (Å²) in [4.78, 5) is 0. The lowest BCUT2D eigenvalue weighted by Gasteiger charge is -2.32. The van der Waals surface area contributed by atoms with Gasteiger partial charge >= 0.3 is 0 Å². The van der Waals surface area contributed by atoms with Gasteiger partial charge in [-0.3, -0.25) is 4.74 Å². The molecule has 3 aromatic carbocycles. The second-order valence-electron chi connectivity index (χ2n) is 8.17. The average Bonchev–Trinajstić information content (AvgIpc) is 2.72. The van der Waals surface area contributed by atoms with Crippen molar-refractivity contribution >= 4 is 23.0 Å². The molecule has 0 aliphatic rings. The van der Waals surface area contributed by atoms with Gasteiger partial charge in [0.15, 0.2) is 0 Å². The molecule has 2 nitrogen and oxygen atoms in total. The van der Waals surface area contributed by atoms with Crippen molar-refractivity contribution in [3.63, 3.8) is 0 Å². The molecule has 28 heavy (non-hydrogen) atoms. The van der Waals surface area contributed by atoms with Crippen LogP contribution in [0, 0.1) is 5.41 Å². The number of hydrogen-bond acceptors (Lipinski definition) is 2. The number of benzene rings is 3. The van der Waals surface area contributed by atoms with E-state index < -0.39 is 7.05 Å². The van der Waals surface area contributed by atoms with Crippen molar-refractivity contribution in [3.05, 3.63) is 91.0 Å². The Morgan fingerprint density at radius 3 is 1.36 bits per heavy atom. The molecule has 3 heteroatoms. The lowest BCUT2D eigenvalue weighted by atomic mass is 9.87. The molecule has 0 saturated carbocycles. The van der Waals surface area contributed by atoms with Crippen LogP contribution in [-0.4, -0.2) is 19.6 Å². The molecular weight excluding hydrogens is 359 g/mol. The molecule has 0 aromatic heterocycles. The summed E-state index contributed by atoms with van der Waals surface area (Å²) in [5.74, 6) is 0. The molecule has 0 aliphatic heterocycles. The van der Waals surface area contributed by atoms with Crippen molar-refractivity contribution in [2.75, 3.05) is 13.6 Å². The van der Waals surface area contributed by atoms with Gasteiger partial charge in [0.05, 0.1) is 13.6 Å². The van der Waals surface area contributed by atoms with Crippen LogP contribution in [0.5, 0.6) is 0 Å². The minimum Gasteiger partial charge on any atom is -0.315 e. The zero-order valence-corrected chi connectivity index (χ0v) is 18.2. The SMILES string of the molecule is CN[C@H](CN=P(c1ccccc1)(c1ccccc1)c1ccccc1)C(C)(C)C. The highest BCUT2D eigenvalue weighted by Gasteiger charge is 2.29. The van der Waals surface area contributed by atoms with Crippen LogP contribution in [0.25, 0.3) is 0 Å². The molecule has 3 rings (SSSR count).